The minimum atomic E-state index is -4.21. The molecule has 3 aromatic rings. The SMILES string of the molecule is CCOc1ccccc1N(CC(=O)N(Cc1ccc(F)cc1)[C@@H](C)C(=O)NCC(C)C)S(=O)(=O)c1ccccc1. The molecule has 0 aliphatic rings. The number of nitrogens with zero attached hydrogens (tertiary/aromatic N) is 2. The molecule has 2 amide bonds. The third-order valence-electron chi connectivity index (χ3n) is 6.16. The molecule has 0 unspecified atom stereocenters. The Kier molecular flexibility index (Phi) is 10.7. The van der Waals surface area contributed by atoms with Crippen LogP contribution in [0.25, 0.3) is 0 Å². The Labute approximate surface area is 235 Å². The van der Waals surface area contributed by atoms with Crippen molar-refractivity contribution in [3.8, 4) is 5.75 Å². The monoisotopic (exact) mass is 569 g/mol. The fraction of sp³-hybridized carbons (Fsp3) is 0.333. The molecule has 0 radical (unpaired) electrons. The quantitative estimate of drug-likeness (QED) is 0.324. The second-order valence-corrected chi connectivity index (χ2v) is 11.6. The normalized spacial score (nSPS) is 12.1. The zero-order valence-electron chi connectivity index (χ0n) is 23.2. The van der Waals surface area contributed by atoms with Crippen molar-refractivity contribution in [3.05, 3.63) is 90.2 Å². The summed E-state index contributed by atoms with van der Waals surface area (Å²) >= 11 is 0. The van der Waals surface area contributed by atoms with Crippen molar-refractivity contribution >= 4 is 27.5 Å². The van der Waals surface area contributed by atoms with Crippen molar-refractivity contribution in [1.82, 2.24) is 10.2 Å². The molecule has 0 fully saturated rings. The smallest absolute Gasteiger partial charge is 0.264 e. The third kappa shape index (κ3) is 7.81. The topological polar surface area (TPSA) is 96.0 Å². The van der Waals surface area contributed by atoms with Crippen LogP contribution in [-0.4, -0.2) is 50.9 Å². The van der Waals surface area contributed by atoms with Gasteiger partial charge in [-0.05, 0) is 61.7 Å². The van der Waals surface area contributed by atoms with Crippen LogP contribution in [0.4, 0.5) is 10.1 Å². The number of benzene rings is 3. The second kappa shape index (κ2) is 13.9. The number of hydrogen-bond acceptors (Lipinski definition) is 5. The summed E-state index contributed by atoms with van der Waals surface area (Å²) in [5.41, 5.74) is 0.783. The second-order valence-electron chi connectivity index (χ2n) is 9.69. The Bertz CT molecular complexity index is 1380. The molecule has 3 rings (SSSR count). The maximum Gasteiger partial charge on any atom is 0.264 e. The summed E-state index contributed by atoms with van der Waals surface area (Å²) in [4.78, 5) is 28.3. The van der Waals surface area contributed by atoms with Crippen molar-refractivity contribution in [2.45, 2.75) is 45.2 Å². The van der Waals surface area contributed by atoms with E-state index in [1.165, 1.54) is 41.3 Å². The maximum atomic E-state index is 14.0. The number of halogens is 1. The van der Waals surface area contributed by atoms with Gasteiger partial charge in [-0.2, -0.15) is 0 Å². The van der Waals surface area contributed by atoms with Gasteiger partial charge in [0, 0.05) is 13.1 Å². The molecule has 1 N–H and O–H groups in total. The summed E-state index contributed by atoms with van der Waals surface area (Å²) < 4.78 is 48.1. The minimum absolute atomic E-state index is 0.00177. The maximum absolute atomic E-state index is 14.0. The van der Waals surface area contributed by atoms with Crippen LogP contribution in [0.5, 0.6) is 5.75 Å². The number of anilines is 1. The van der Waals surface area contributed by atoms with Crippen molar-refractivity contribution in [3.63, 3.8) is 0 Å². The van der Waals surface area contributed by atoms with Gasteiger partial charge in [-0.1, -0.05) is 56.3 Å². The number of sulfonamides is 1. The summed E-state index contributed by atoms with van der Waals surface area (Å²) in [7, 11) is -4.21. The Hall–Kier alpha value is -3.92. The van der Waals surface area contributed by atoms with Gasteiger partial charge in [0.2, 0.25) is 11.8 Å². The number of rotatable bonds is 13. The zero-order valence-corrected chi connectivity index (χ0v) is 24.0. The van der Waals surface area contributed by atoms with Gasteiger partial charge in [0.15, 0.2) is 0 Å². The van der Waals surface area contributed by atoms with Gasteiger partial charge in [-0.3, -0.25) is 13.9 Å². The lowest BCUT2D eigenvalue weighted by atomic mass is 10.1. The van der Waals surface area contributed by atoms with Gasteiger partial charge >= 0.3 is 0 Å². The summed E-state index contributed by atoms with van der Waals surface area (Å²) in [6.07, 6.45) is 0. The standard InChI is InChI=1S/C30H36FN3O5S/c1-5-39-28-14-10-9-13-27(28)34(40(37,38)26-11-7-6-8-12-26)21-29(35)33(20-24-15-17-25(31)18-16-24)23(4)30(36)32-19-22(2)3/h6-18,22-23H,5,19-21H2,1-4H3,(H,32,36)/t23-/m0/s1. The average molecular weight is 570 g/mol. The van der Waals surface area contributed by atoms with E-state index < -0.39 is 34.3 Å². The number of amides is 2. The van der Waals surface area contributed by atoms with Gasteiger partial charge in [0.05, 0.1) is 17.2 Å². The van der Waals surface area contributed by atoms with E-state index in [2.05, 4.69) is 5.32 Å². The zero-order chi connectivity index (χ0) is 29.3. The van der Waals surface area contributed by atoms with Crippen LogP contribution < -0.4 is 14.4 Å². The highest BCUT2D eigenvalue weighted by Gasteiger charge is 2.33. The van der Waals surface area contributed by atoms with Gasteiger partial charge in [0.1, 0.15) is 24.2 Å². The van der Waals surface area contributed by atoms with Crippen molar-refractivity contribution < 1.29 is 27.1 Å². The highest BCUT2D eigenvalue weighted by atomic mass is 32.2. The first-order chi connectivity index (χ1) is 19.0. The Morgan fingerprint density at radius 2 is 1.55 bits per heavy atom. The van der Waals surface area contributed by atoms with E-state index >= 15 is 0 Å². The lowest BCUT2D eigenvalue weighted by Gasteiger charge is -2.32. The summed E-state index contributed by atoms with van der Waals surface area (Å²) in [5.74, 6) is -0.931. The first kappa shape index (κ1) is 30.6. The van der Waals surface area contributed by atoms with Crippen LogP contribution in [0.15, 0.2) is 83.8 Å². The van der Waals surface area contributed by atoms with Crippen LogP contribution in [0.2, 0.25) is 0 Å². The van der Waals surface area contributed by atoms with Crippen molar-refractivity contribution in [2.24, 2.45) is 5.92 Å². The number of para-hydroxylation sites is 2. The molecule has 10 heteroatoms. The molecule has 0 aliphatic carbocycles. The number of carbonyl (C=O) groups is 2. The van der Waals surface area contributed by atoms with E-state index in [0.717, 1.165) is 4.31 Å². The molecule has 8 nitrogen and oxygen atoms in total. The molecule has 0 bridgehead atoms. The summed E-state index contributed by atoms with van der Waals surface area (Å²) in [5, 5.41) is 2.83. The molecule has 0 aromatic heterocycles. The van der Waals surface area contributed by atoms with Crippen LogP contribution in [0.1, 0.15) is 33.3 Å². The van der Waals surface area contributed by atoms with Crippen molar-refractivity contribution in [2.75, 3.05) is 24.0 Å². The van der Waals surface area contributed by atoms with E-state index in [1.54, 1.807) is 56.3 Å². The molecular weight excluding hydrogens is 533 g/mol. The number of hydrogen-bond donors (Lipinski definition) is 1. The van der Waals surface area contributed by atoms with Crippen molar-refractivity contribution in [1.29, 1.82) is 0 Å². The Balaban J connectivity index is 2.04. The molecule has 3 aromatic carbocycles. The summed E-state index contributed by atoms with van der Waals surface area (Å²) in [6.45, 7) is 7.35. The molecule has 0 aliphatic heterocycles. The van der Waals surface area contributed by atoms with E-state index in [1.807, 2.05) is 13.8 Å². The molecule has 0 heterocycles. The number of nitrogens with one attached hydrogen (secondary N) is 1. The highest BCUT2D eigenvalue weighted by molar-refractivity contribution is 7.92. The molecule has 0 saturated carbocycles. The van der Waals surface area contributed by atoms with Crippen LogP contribution in [0.3, 0.4) is 0 Å². The van der Waals surface area contributed by atoms with Crippen LogP contribution >= 0.6 is 0 Å². The van der Waals surface area contributed by atoms with Gasteiger partial charge < -0.3 is 15.0 Å². The molecule has 0 spiro atoms. The van der Waals surface area contributed by atoms with Crippen LogP contribution in [-0.2, 0) is 26.2 Å². The Morgan fingerprint density at radius 3 is 2.17 bits per heavy atom. The first-order valence-electron chi connectivity index (χ1n) is 13.2. The van der Waals surface area contributed by atoms with E-state index in [-0.39, 0.29) is 35.6 Å². The lowest BCUT2D eigenvalue weighted by molar-refractivity contribution is -0.139. The Morgan fingerprint density at radius 1 is 0.925 bits per heavy atom. The first-order valence-corrected chi connectivity index (χ1v) is 14.6. The predicted octanol–water partition coefficient (Wildman–Crippen LogP) is 4.61. The van der Waals surface area contributed by atoms with E-state index in [0.29, 0.717) is 17.9 Å². The molecular formula is C30H36FN3O5S. The van der Waals surface area contributed by atoms with Gasteiger partial charge in [0.25, 0.3) is 10.0 Å². The number of ether oxygens (including phenoxy) is 1. The molecule has 40 heavy (non-hydrogen) atoms. The van der Waals surface area contributed by atoms with E-state index in [9.17, 15) is 22.4 Å². The van der Waals surface area contributed by atoms with Crippen LogP contribution in [0, 0.1) is 11.7 Å². The average Bonchev–Trinajstić information content (AvgIpc) is 2.94. The third-order valence-corrected chi connectivity index (χ3v) is 7.94. The molecule has 0 saturated heterocycles. The lowest BCUT2D eigenvalue weighted by Crippen LogP contribution is -2.51. The fourth-order valence-electron chi connectivity index (χ4n) is 4.00. The van der Waals surface area contributed by atoms with Gasteiger partial charge in [-0.25, -0.2) is 12.8 Å². The minimum Gasteiger partial charge on any atom is -0.492 e. The van der Waals surface area contributed by atoms with E-state index in [4.69, 9.17) is 4.74 Å². The predicted molar refractivity (Wildman–Crippen MR) is 153 cm³/mol. The fourth-order valence-corrected chi connectivity index (χ4v) is 5.44. The largest absolute Gasteiger partial charge is 0.492 e. The molecule has 214 valence electrons. The number of carbonyl (C=O) groups excluding carboxylic acids is 2. The van der Waals surface area contributed by atoms with Gasteiger partial charge in [-0.15, -0.1) is 0 Å². The molecule has 1 atom stereocenters. The highest BCUT2D eigenvalue weighted by Crippen LogP contribution is 2.32. The summed E-state index contributed by atoms with van der Waals surface area (Å²) in [6, 6.07) is 19.0.